The van der Waals surface area contributed by atoms with Crippen LogP contribution in [0.25, 0.3) is 11.2 Å². The van der Waals surface area contributed by atoms with Gasteiger partial charge in [0.2, 0.25) is 5.82 Å². The summed E-state index contributed by atoms with van der Waals surface area (Å²) in [4.78, 5) is 12.9. The maximum absolute atomic E-state index is 10.3. The number of imidazole rings is 1. The summed E-state index contributed by atoms with van der Waals surface area (Å²) in [5, 5.41) is 29.6. The summed E-state index contributed by atoms with van der Waals surface area (Å²) < 4.78 is 7.07. The topological polar surface area (TPSA) is 140 Å². The van der Waals surface area contributed by atoms with Gasteiger partial charge in [-0.3, -0.25) is 4.57 Å². The van der Waals surface area contributed by atoms with Crippen LogP contribution in [0.2, 0.25) is 0 Å². The average molecular weight is 387 g/mol. The molecular weight excluding hydrogens is 362 g/mol. The molecule has 1 saturated carbocycles. The molecule has 0 spiro atoms. The first-order valence-corrected chi connectivity index (χ1v) is 9.72. The molecule has 0 aromatic carbocycles. The number of ether oxygens (including phenoxy) is 1. The van der Waals surface area contributed by atoms with E-state index < -0.39 is 31.1 Å². The summed E-state index contributed by atoms with van der Waals surface area (Å²) in [6.07, 6.45) is 4.26. The van der Waals surface area contributed by atoms with Gasteiger partial charge in [-0.1, -0.05) is 31.6 Å². The Bertz CT molecular complexity index is 897. The summed E-state index contributed by atoms with van der Waals surface area (Å²) in [6.45, 7) is -0.406. The van der Waals surface area contributed by atoms with E-state index in [2.05, 4.69) is 26.8 Å². The van der Waals surface area contributed by atoms with E-state index in [0.29, 0.717) is 22.9 Å². The van der Waals surface area contributed by atoms with Crippen molar-refractivity contribution in [1.82, 2.24) is 19.5 Å². The van der Waals surface area contributed by atoms with Crippen LogP contribution in [0.1, 0.15) is 50.6 Å². The highest BCUT2D eigenvalue weighted by atomic mass is 16.6. The van der Waals surface area contributed by atoms with Gasteiger partial charge in [0.05, 0.1) is 12.9 Å². The lowest BCUT2D eigenvalue weighted by atomic mass is 10.0. The lowest BCUT2D eigenvalue weighted by molar-refractivity contribution is -0.0511. The normalized spacial score (nSPS) is 28.8. The van der Waals surface area contributed by atoms with Crippen molar-refractivity contribution < 1.29 is 20.1 Å². The van der Waals surface area contributed by atoms with E-state index in [1.54, 1.807) is 0 Å². The highest BCUT2D eigenvalue weighted by Gasteiger charge is 2.44. The molecular formula is C19H25N5O4. The number of hydrogen-bond donors (Lipinski definition) is 4. The zero-order valence-electron chi connectivity index (χ0n) is 15.5. The molecule has 150 valence electrons. The van der Waals surface area contributed by atoms with Gasteiger partial charge in [0.15, 0.2) is 17.7 Å². The number of aliphatic hydroxyl groups excluding tert-OH is 3. The number of rotatable bonds is 2. The molecule has 3 heterocycles. The Morgan fingerprint density at radius 2 is 1.89 bits per heavy atom. The molecule has 0 radical (unpaired) electrons. The monoisotopic (exact) mass is 387 g/mol. The van der Waals surface area contributed by atoms with Crippen LogP contribution >= 0.6 is 0 Å². The van der Waals surface area contributed by atoms with Crippen molar-refractivity contribution >= 4 is 17.0 Å². The standard InChI is InChI=1S/C19H25N5O4/c20-17-14-18(23-13(22-17)8-7-11-5-3-1-2-4-6-11)24(10-21-14)19-16(27)15(26)12(9-25)28-19/h10-12,15-16,19,25-27H,1-6,9H2,(H2,20,22,23)/t12-,15?,16?,19-/m1/s1. The first kappa shape index (κ1) is 19.1. The number of aliphatic hydroxyl groups is 3. The van der Waals surface area contributed by atoms with E-state index in [-0.39, 0.29) is 5.82 Å². The third-order valence-electron chi connectivity index (χ3n) is 5.48. The van der Waals surface area contributed by atoms with E-state index in [1.165, 1.54) is 36.6 Å². The predicted molar refractivity (Wildman–Crippen MR) is 101 cm³/mol. The molecule has 5 N–H and O–H groups in total. The molecule has 2 aliphatic rings. The first-order valence-electron chi connectivity index (χ1n) is 9.72. The Morgan fingerprint density at radius 3 is 2.57 bits per heavy atom. The number of aromatic nitrogens is 4. The third-order valence-corrected chi connectivity index (χ3v) is 5.48. The third kappa shape index (κ3) is 3.56. The zero-order valence-corrected chi connectivity index (χ0v) is 15.5. The molecule has 4 atom stereocenters. The van der Waals surface area contributed by atoms with Crippen LogP contribution in [0.5, 0.6) is 0 Å². The minimum Gasteiger partial charge on any atom is -0.394 e. The van der Waals surface area contributed by atoms with Crippen LogP contribution in [0, 0.1) is 17.8 Å². The second kappa shape index (κ2) is 8.01. The van der Waals surface area contributed by atoms with Gasteiger partial charge >= 0.3 is 0 Å². The lowest BCUT2D eigenvalue weighted by Gasteiger charge is -2.16. The molecule has 1 aliphatic heterocycles. The van der Waals surface area contributed by atoms with Crippen LogP contribution in [-0.2, 0) is 4.74 Å². The fourth-order valence-corrected chi connectivity index (χ4v) is 3.88. The maximum atomic E-state index is 10.3. The second-order valence-electron chi connectivity index (χ2n) is 7.44. The second-order valence-corrected chi connectivity index (χ2v) is 7.44. The van der Waals surface area contributed by atoms with Crippen molar-refractivity contribution in [2.75, 3.05) is 12.3 Å². The number of hydrogen-bond acceptors (Lipinski definition) is 8. The zero-order chi connectivity index (χ0) is 19.7. The molecule has 2 aromatic rings. The summed E-state index contributed by atoms with van der Waals surface area (Å²) in [6, 6.07) is 0. The Balaban J connectivity index is 1.66. The molecule has 4 rings (SSSR count). The number of fused-ring (bicyclic) bond motifs is 1. The molecule has 2 aromatic heterocycles. The van der Waals surface area contributed by atoms with E-state index in [9.17, 15) is 15.3 Å². The molecule has 0 amide bonds. The van der Waals surface area contributed by atoms with E-state index in [4.69, 9.17) is 10.5 Å². The minimum absolute atomic E-state index is 0.195. The first-order chi connectivity index (χ1) is 13.6. The fourth-order valence-electron chi connectivity index (χ4n) is 3.88. The predicted octanol–water partition coefficient (Wildman–Crippen LogP) is 0.342. The summed E-state index contributed by atoms with van der Waals surface area (Å²) in [5.41, 5.74) is 6.77. The van der Waals surface area contributed by atoms with Gasteiger partial charge in [-0.25, -0.2) is 15.0 Å². The van der Waals surface area contributed by atoms with Gasteiger partial charge in [0.25, 0.3) is 0 Å². The van der Waals surface area contributed by atoms with Crippen LogP contribution < -0.4 is 5.73 Å². The molecule has 9 heteroatoms. The SMILES string of the molecule is Nc1nc(C#CC2CCCCCC2)nc2c1ncn2[C@@H]1O[C@H](CO)C(O)C1O. The minimum atomic E-state index is -1.23. The number of nitrogen functional groups attached to an aromatic ring is 1. The number of nitrogens with zero attached hydrogens (tertiary/aromatic N) is 4. The van der Waals surface area contributed by atoms with Crippen LogP contribution in [-0.4, -0.2) is 59.8 Å². The molecule has 2 fully saturated rings. The van der Waals surface area contributed by atoms with Gasteiger partial charge in [-0.15, -0.1) is 0 Å². The van der Waals surface area contributed by atoms with Gasteiger partial charge in [0, 0.05) is 5.92 Å². The number of nitrogens with two attached hydrogens (primary N) is 1. The highest BCUT2D eigenvalue weighted by molar-refractivity contribution is 5.82. The maximum Gasteiger partial charge on any atom is 0.208 e. The molecule has 28 heavy (non-hydrogen) atoms. The van der Waals surface area contributed by atoms with Gasteiger partial charge in [-0.2, -0.15) is 0 Å². The van der Waals surface area contributed by atoms with Crippen LogP contribution in [0.3, 0.4) is 0 Å². The van der Waals surface area contributed by atoms with Crippen molar-refractivity contribution in [3.05, 3.63) is 12.2 Å². The van der Waals surface area contributed by atoms with Crippen molar-refractivity contribution in [1.29, 1.82) is 0 Å². The van der Waals surface area contributed by atoms with Gasteiger partial charge < -0.3 is 25.8 Å². The summed E-state index contributed by atoms with van der Waals surface area (Å²) in [7, 11) is 0. The highest BCUT2D eigenvalue weighted by Crippen LogP contribution is 2.32. The lowest BCUT2D eigenvalue weighted by Crippen LogP contribution is -2.33. The fraction of sp³-hybridized carbons (Fsp3) is 0.632. The Morgan fingerprint density at radius 1 is 1.14 bits per heavy atom. The Hall–Kier alpha value is -2.25. The van der Waals surface area contributed by atoms with E-state index in [0.717, 1.165) is 12.8 Å². The average Bonchev–Trinajstić information content (AvgIpc) is 3.10. The molecule has 0 bridgehead atoms. The van der Waals surface area contributed by atoms with Crippen molar-refractivity contribution in [2.45, 2.75) is 63.1 Å². The molecule has 2 unspecified atom stereocenters. The van der Waals surface area contributed by atoms with Gasteiger partial charge in [0.1, 0.15) is 23.8 Å². The van der Waals surface area contributed by atoms with Crippen LogP contribution in [0.4, 0.5) is 5.82 Å². The molecule has 9 nitrogen and oxygen atoms in total. The summed E-state index contributed by atoms with van der Waals surface area (Å²) >= 11 is 0. The van der Waals surface area contributed by atoms with Gasteiger partial charge in [-0.05, 0) is 18.8 Å². The Labute approximate surface area is 162 Å². The summed E-state index contributed by atoms with van der Waals surface area (Å²) in [5.74, 6) is 7.14. The quantitative estimate of drug-likeness (QED) is 0.427. The van der Waals surface area contributed by atoms with Crippen molar-refractivity contribution in [3.8, 4) is 11.8 Å². The Kier molecular flexibility index (Phi) is 5.46. The van der Waals surface area contributed by atoms with Crippen LogP contribution in [0.15, 0.2) is 6.33 Å². The van der Waals surface area contributed by atoms with Crippen molar-refractivity contribution in [3.63, 3.8) is 0 Å². The van der Waals surface area contributed by atoms with E-state index in [1.807, 2.05) is 0 Å². The smallest absolute Gasteiger partial charge is 0.208 e. The van der Waals surface area contributed by atoms with E-state index >= 15 is 0 Å². The number of anilines is 1. The van der Waals surface area contributed by atoms with Crippen molar-refractivity contribution in [2.24, 2.45) is 5.92 Å². The molecule has 1 saturated heterocycles. The largest absolute Gasteiger partial charge is 0.394 e. The molecule has 1 aliphatic carbocycles.